The van der Waals surface area contributed by atoms with Crippen LogP contribution in [0, 0.1) is 11.8 Å². The van der Waals surface area contributed by atoms with Crippen LogP contribution in [0.4, 0.5) is 0 Å². The Bertz CT molecular complexity index is 1290. The molecule has 0 aliphatic rings. The predicted molar refractivity (Wildman–Crippen MR) is 284 cm³/mol. The molecule has 0 radical (unpaired) electrons. The monoisotopic (exact) mass is 971 g/mol. The van der Waals surface area contributed by atoms with Crippen LogP contribution in [0.1, 0.15) is 277 Å². The van der Waals surface area contributed by atoms with Gasteiger partial charge in [-0.05, 0) is 56.9 Å². The van der Waals surface area contributed by atoms with Crippen LogP contribution in [0.5, 0.6) is 0 Å². The third-order valence-corrected chi connectivity index (χ3v) is 13.5. The van der Waals surface area contributed by atoms with E-state index in [1.54, 1.807) is 0 Å². The Kier molecular flexibility index (Phi) is 45.2. The topological polar surface area (TPSA) is 114 Å². The van der Waals surface area contributed by atoms with Gasteiger partial charge in [0.05, 0.1) is 38.3 Å². The third-order valence-electron chi connectivity index (χ3n) is 13.5. The molecule has 0 aliphatic carbocycles. The Morgan fingerprint density at radius 1 is 0.391 bits per heavy atom. The number of esters is 4. The van der Waals surface area contributed by atoms with Crippen LogP contribution in [-0.4, -0.2) is 56.4 Å². The highest BCUT2D eigenvalue weighted by Crippen LogP contribution is 2.23. The fourth-order valence-corrected chi connectivity index (χ4v) is 8.98. The molecule has 1 aromatic carbocycles. The molecular formula is C60H106O9. The van der Waals surface area contributed by atoms with Gasteiger partial charge in [-0.15, -0.1) is 0 Å². The number of unbranched alkanes of at least 4 members (excludes halogenated alkanes) is 26. The Morgan fingerprint density at radius 3 is 1.17 bits per heavy atom. The van der Waals surface area contributed by atoms with Crippen molar-refractivity contribution in [2.45, 2.75) is 284 Å². The standard InChI is InChI=1S/C60H106O9/c1-5-9-13-17-21-32-42-54(43-33-22-18-14-10-6-2)59(63)66-48-38-27-25-36-46-57(61)68-52-56(51-65-50-53-40-30-29-31-41-53)69-58(62)47-37-26-28-39-49-67-60(64)55(44-34-23-19-15-11-7-3)45-35-24-20-16-12-8-4/h29-31,40-41,54-56H,5-28,32-39,42-52H2,1-4H3/t56-/m1/s1. The van der Waals surface area contributed by atoms with Crippen molar-refractivity contribution in [3.63, 3.8) is 0 Å². The summed E-state index contributed by atoms with van der Waals surface area (Å²) < 4.78 is 28.8. The second-order valence-corrected chi connectivity index (χ2v) is 20.1. The average Bonchev–Trinajstić information content (AvgIpc) is 3.35. The lowest BCUT2D eigenvalue weighted by Gasteiger charge is -2.18. The minimum atomic E-state index is -0.703. The molecule has 0 N–H and O–H groups in total. The first kappa shape index (κ1) is 64.1. The Hall–Kier alpha value is -2.94. The number of hydrogen-bond donors (Lipinski definition) is 0. The highest BCUT2D eigenvalue weighted by atomic mass is 16.6. The summed E-state index contributed by atoms with van der Waals surface area (Å²) in [5, 5.41) is 0. The summed E-state index contributed by atoms with van der Waals surface area (Å²) in [5.74, 6) is -0.705. The van der Waals surface area contributed by atoms with Crippen molar-refractivity contribution in [3.8, 4) is 0 Å². The van der Waals surface area contributed by atoms with E-state index in [1.165, 1.54) is 128 Å². The van der Waals surface area contributed by atoms with E-state index in [0.29, 0.717) is 32.7 Å². The van der Waals surface area contributed by atoms with E-state index in [0.717, 1.165) is 95.5 Å². The highest BCUT2D eigenvalue weighted by Gasteiger charge is 2.21. The maximum absolute atomic E-state index is 13.1. The molecule has 0 aromatic heterocycles. The third kappa shape index (κ3) is 40.4. The molecule has 1 rings (SSSR count). The molecule has 0 aliphatic heterocycles. The van der Waals surface area contributed by atoms with E-state index >= 15 is 0 Å². The number of carbonyl (C=O) groups is 4. The normalized spacial score (nSPS) is 11.9. The first-order chi connectivity index (χ1) is 33.8. The van der Waals surface area contributed by atoms with Crippen molar-refractivity contribution in [2.75, 3.05) is 26.4 Å². The van der Waals surface area contributed by atoms with Gasteiger partial charge in [0.2, 0.25) is 0 Å². The van der Waals surface area contributed by atoms with Gasteiger partial charge in [0, 0.05) is 12.8 Å². The van der Waals surface area contributed by atoms with E-state index in [4.69, 9.17) is 23.7 Å². The van der Waals surface area contributed by atoms with Crippen LogP contribution in [0.3, 0.4) is 0 Å². The molecule has 0 heterocycles. The van der Waals surface area contributed by atoms with Gasteiger partial charge in [0.1, 0.15) is 6.61 Å². The van der Waals surface area contributed by atoms with E-state index in [9.17, 15) is 19.2 Å². The van der Waals surface area contributed by atoms with Crippen LogP contribution in [0.2, 0.25) is 0 Å². The summed E-state index contributed by atoms with van der Waals surface area (Å²) in [6, 6.07) is 9.80. The van der Waals surface area contributed by atoms with Gasteiger partial charge in [0.15, 0.2) is 6.10 Å². The lowest BCUT2D eigenvalue weighted by molar-refractivity contribution is -0.163. The molecule has 9 heteroatoms. The zero-order valence-electron chi connectivity index (χ0n) is 45.2. The van der Waals surface area contributed by atoms with Crippen LogP contribution < -0.4 is 0 Å². The summed E-state index contributed by atoms with van der Waals surface area (Å²) in [6.45, 7) is 10.2. The molecule has 9 nitrogen and oxygen atoms in total. The summed E-state index contributed by atoms with van der Waals surface area (Å²) in [6.07, 6.45) is 39.3. The fourth-order valence-electron chi connectivity index (χ4n) is 8.98. The van der Waals surface area contributed by atoms with E-state index < -0.39 is 6.10 Å². The van der Waals surface area contributed by atoms with Crippen LogP contribution in [0.15, 0.2) is 30.3 Å². The molecule has 0 saturated carbocycles. The predicted octanol–water partition coefficient (Wildman–Crippen LogP) is 16.9. The lowest BCUT2D eigenvalue weighted by atomic mass is 9.94. The molecule has 0 spiro atoms. The molecule has 0 fully saturated rings. The SMILES string of the molecule is CCCCCCCCC(CCCCCCCC)C(=O)OCCCCCCC(=O)OC[C@@H](COCc1ccccc1)OC(=O)CCCCCCOC(=O)C(CCCCCCCC)CCCCCCCC. The molecule has 1 aromatic rings. The minimum absolute atomic E-state index is 0.00693. The molecule has 400 valence electrons. The Balaban J connectivity index is 2.44. The van der Waals surface area contributed by atoms with Gasteiger partial charge in [-0.3, -0.25) is 19.2 Å². The van der Waals surface area contributed by atoms with Crippen molar-refractivity contribution in [1.82, 2.24) is 0 Å². The highest BCUT2D eigenvalue weighted by molar-refractivity contribution is 5.73. The number of hydrogen-bond acceptors (Lipinski definition) is 9. The van der Waals surface area contributed by atoms with Crippen LogP contribution >= 0.6 is 0 Å². The average molecular weight is 971 g/mol. The summed E-state index contributed by atoms with van der Waals surface area (Å²) in [5.41, 5.74) is 1.01. The first-order valence-electron chi connectivity index (χ1n) is 29.1. The van der Waals surface area contributed by atoms with Crippen LogP contribution in [-0.2, 0) is 49.5 Å². The molecule has 69 heavy (non-hydrogen) atoms. The first-order valence-corrected chi connectivity index (χ1v) is 29.1. The molecular weight excluding hydrogens is 865 g/mol. The molecule has 0 bridgehead atoms. The van der Waals surface area contributed by atoms with Crippen LogP contribution in [0.25, 0.3) is 0 Å². The zero-order valence-corrected chi connectivity index (χ0v) is 45.2. The van der Waals surface area contributed by atoms with Gasteiger partial charge in [-0.25, -0.2) is 0 Å². The zero-order chi connectivity index (χ0) is 50.1. The van der Waals surface area contributed by atoms with E-state index in [-0.39, 0.29) is 61.8 Å². The number of ether oxygens (including phenoxy) is 5. The quantitative estimate of drug-likeness (QED) is 0.0358. The van der Waals surface area contributed by atoms with Gasteiger partial charge in [0.25, 0.3) is 0 Å². The van der Waals surface area contributed by atoms with Gasteiger partial charge >= 0.3 is 23.9 Å². The van der Waals surface area contributed by atoms with Crippen molar-refractivity contribution in [3.05, 3.63) is 35.9 Å². The van der Waals surface area contributed by atoms with E-state index in [1.807, 2.05) is 30.3 Å². The number of rotatable bonds is 51. The number of benzene rings is 1. The van der Waals surface area contributed by atoms with Crippen molar-refractivity contribution < 1.29 is 42.9 Å². The Morgan fingerprint density at radius 2 is 0.754 bits per heavy atom. The largest absolute Gasteiger partial charge is 0.465 e. The summed E-state index contributed by atoms with van der Waals surface area (Å²) >= 11 is 0. The molecule has 1 atom stereocenters. The van der Waals surface area contributed by atoms with Crippen molar-refractivity contribution in [1.29, 1.82) is 0 Å². The molecule has 0 amide bonds. The second-order valence-electron chi connectivity index (χ2n) is 20.1. The maximum Gasteiger partial charge on any atom is 0.308 e. The van der Waals surface area contributed by atoms with Gasteiger partial charge in [-0.2, -0.15) is 0 Å². The van der Waals surface area contributed by atoms with Crippen molar-refractivity contribution in [2.24, 2.45) is 11.8 Å². The molecule has 0 saturated heterocycles. The fraction of sp³-hybridized carbons (Fsp3) is 0.833. The summed E-state index contributed by atoms with van der Waals surface area (Å²) in [4.78, 5) is 51.9. The second kappa shape index (κ2) is 48.7. The van der Waals surface area contributed by atoms with Crippen molar-refractivity contribution >= 4 is 23.9 Å². The molecule has 0 unspecified atom stereocenters. The maximum atomic E-state index is 13.1. The van der Waals surface area contributed by atoms with Gasteiger partial charge in [-0.1, -0.05) is 238 Å². The smallest absolute Gasteiger partial charge is 0.308 e. The van der Waals surface area contributed by atoms with Gasteiger partial charge < -0.3 is 23.7 Å². The summed E-state index contributed by atoms with van der Waals surface area (Å²) in [7, 11) is 0. The Labute approximate surface area is 423 Å². The minimum Gasteiger partial charge on any atom is -0.465 e. The lowest BCUT2D eigenvalue weighted by Crippen LogP contribution is -2.29. The van der Waals surface area contributed by atoms with E-state index in [2.05, 4.69) is 27.7 Å². The number of carbonyl (C=O) groups excluding carboxylic acids is 4.